The van der Waals surface area contributed by atoms with Gasteiger partial charge in [-0.25, -0.2) is 0 Å². The van der Waals surface area contributed by atoms with Crippen LogP contribution in [-0.4, -0.2) is 12.5 Å². The van der Waals surface area contributed by atoms with Crippen molar-refractivity contribution in [2.45, 2.75) is 19.3 Å². The Hall–Kier alpha value is -1.97. The van der Waals surface area contributed by atoms with Crippen molar-refractivity contribution in [2.24, 2.45) is 5.92 Å². The summed E-state index contributed by atoms with van der Waals surface area (Å²) >= 11 is 0. The average molecular weight is 245 g/mol. The third kappa shape index (κ3) is 2.47. The van der Waals surface area contributed by atoms with E-state index in [0.717, 1.165) is 30.1 Å². The SMILES string of the molecule is O=C(NCCC1=COc2ccccc2O1)C1CC1. The van der Waals surface area contributed by atoms with E-state index in [1.807, 2.05) is 24.3 Å². The highest BCUT2D eigenvalue weighted by Crippen LogP contribution is 2.32. The molecule has 0 saturated heterocycles. The Morgan fingerprint density at radius 2 is 2.06 bits per heavy atom. The summed E-state index contributed by atoms with van der Waals surface area (Å²) < 4.78 is 11.1. The summed E-state index contributed by atoms with van der Waals surface area (Å²) in [6, 6.07) is 7.53. The molecule has 0 atom stereocenters. The fourth-order valence-electron chi connectivity index (χ4n) is 1.84. The lowest BCUT2D eigenvalue weighted by Crippen LogP contribution is -2.26. The molecule has 1 fully saturated rings. The van der Waals surface area contributed by atoms with Crippen molar-refractivity contribution in [1.29, 1.82) is 0 Å². The van der Waals surface area contributed by atoms with Gasteiger partial charge in [-0.3, -0.25) is 4.79 Å². The highest BCUT2D eigenvalue weighted by atomic mass is 16.6. The molecule has 1 saturated carbocycles. The van der Waals surface area contributed by atoms with Gasteiger partial charge in [-0.2, -0.15) is 0 Å². The number of benzene rings is 1. The molecular formula is C14H15NO3. The summed E-state index contributed by atoms with van der Waals surface area (Å²) in [4.78, 5) is 11.4. The Balaban J connectivity index is 1.49. The molecule has 18 heavy (non-hydrogen) atoms. The minimum absolute atomic E-state index is 0.160. The van der Waals surface area contributed by atoms with Gasteiger partial charge in [0, 0.05) is 18.9 Å². The molecule has 1 aromatic carbocycles. The quantitative estimate of drug-likeness (QED) is 0.884. The second-order valence-corrected chi connectivity index (χ2v) is 4.57. The van der Waals surface area contributed by atoms with Crippen LogP contribution < -0.4 is 14.8 Å². The molecule has 0 spiro atoms. The predicted molar refractivity (Wildman–Crippen MR) is 66.1 cm³/mol. The van der Waals surface area contributed by atoms with E-state index in [0.29, 0.717) is 13.0 Å². The van der Waals surface area contributed by atoms with Crippen molar-refractivity contribution in [1.82, 2.24) is 5.32 Å². The Morgan fingerprint density at radius 1 is 1.28 bits per heavy atom. The van der Waals surface area contributed by atoms with Crippen LogP contribution in [0, 0.1) is 5.92 Å². The summed E-state index contributed by atoms with van der Waals surface area (Å²) in [5, 5.41) is 2.90. The molecule has 94 valence electrons. The molecule has 1 aromatic rings. The van der Waals surface area contributed by atoms with Crippen LogP contribution in [0.3, 0.4) is 0 Å². The molecule has 0 radical (unpaired) electrons. The normalized spacial score (nSPS) is 17.0. The van der Waals surface area contributed by atoms with E-state index in [4.69, 9.17) is 9.47 Å². The molecule has 0 unspecified atom stereocenters. The maximum absolute atomic E-state index is 11.4. The zero-order valence-corrected chi connectivity index (χ0v) is 10.0. The van der Waals surface area contributed by atoms with Crippen LogP contribution in [0.2, 0.25) is 0 Å². The van der Waals surface area contributed by atoms with E-state index in [1.165, 1.54) is 0 Å². The Bertz CT molecular complexity index is 492. The highest BCUT2D eigenvalue weighted by Gasteiger charge is 2.29. The number of amides is 1. The first-order chi connectivity index (χ1) is 8.83. The second-order valence-electron chi connectivity index (χ2n) is 4.57. The van der Waals surface area contributed by atoms with Gasteiger partial charge in [0.2, 0.25) is 5.91 Å². The molecule has 1 aliphatic carbocycles. The van der Waals surface area contributed by atoms with Crippen molar-refractivity contribution >= 4 is 5.91 Å². The number of hydrogen-bond donors (Lipinski definition) is 1. The minimum atomic E-state index is 0.160. The van der Waals surface area contributed by atoms with Crippen molar-refractivity contribution in [3.05, 3.63) is 36.3 Å². The number of fused-ring (bicyclic) bond motifs is 1. The van der Waals surface area contributed by atoms with Gasteiger partial charge in [-0.05, 0) is 25.0 Å². The van der Waals surface area contributed by atoms with Crippen molar-refractivity contribution in [3.8, 4) is 11.5 Å². The summed E-state index contributed by atoms with van der Waals surface area (Å²) in [5.74, 6) is 2.60. The third-order valence-electron chi connectivity index (χ3n) is 3.03. The van der Waals surface area contributed by atoms with Gasteiger partial charge in [0.1, 0.15) is 12.0 Å². The van der Waals surface area contributed by atoms with E-state index in [1.54, 1.807) is 6.26 Å². The molecule has 1 amide bonds. The number of para-hydroxylation sites is 2. The molecule has 1 N–H and O–H groups in total. The van der Waals surface area contributed by atoms with Gasteiger partial charge in [0.05, 0.1) is 0 Å². The Morgan fingerprint density at radius 3 is 2.83 bits per heavy atom. The number of nitrogens with one attached hydrogen (secondary N) is 1. The van der Waals surface area contributed by atoms with Crippen LogP contribution in [0.25, 0.3) is 0 Å². The van der Waals surface area contributed by atoms with Crippen LogP contribution in [0.4, 0.5) is 0 Å². The molecule has 0 aromatic heterocycles. The second kappa shape index (κ2) is 4.72. The maximum Gasteiger partial charge on any atom is 0.223 e. The monoisotopic (exact) mass is 245 g/mol. The van der Waals surface area contributed by atoms with Gasteiger partial charge < -0.3 is 14.8 Å². The number of carbonyl (C=O) groups excluding carboxylic acids is 1. The number of rotatable bonds is 4. The van der Waals surface area contributed by atoms with E-state index >= 15 is 0 Å². The molecule has 3 rings (SSSR count). The van der Waals surface area contributed by atoms with Crippen molar-refractivity contribution < 1.29 is 14.3 Å². The Kier molecular flexibility index (Phi) is 2.92. The summed E-state index contributed by atoms with van der Waals surface area (Å²) in [6.45, 7) is 0.590. The van der Waals surface area contributed by atoms with Crippen LogP contribution in [-0.2, 0) is 4.79 Å². The third-order valence-corrected chi connectivity index (χ3v) is 3.03. The van der Waals surface area contributed by atoms with Crippen LogP contribution in [0.1, 0.15) is 19.3 Å². The molecule has 4 heteroatoms. The van der Waals surface area contributed by atoms with Gasteiger partial charge in [0.25, 0.3) is 0 Å². The fraction of sp³-hybridized carbons (Fsp3) is 0.357. The van der Waals surface area contributed by atoms with Gasteiger partial charge in [0.15, 0.2) is 11.5 Å². The van der Waals surface area contributed by atoms with Gasteiger partial charge >= 0.3 is 0 Å². The predicted octanol–water partition coefficient (Wildman–Crippen LogP) is 2.22. The molecule has 0 bridgehead atoms. The first kappa shape index (κ1) is 11.1. The lowest BCUT2D eigenvalue weighted by atomic mass is 10.3. The molecule has 2 aliphatic rings. The van der Waals surface area contributed by atoms with Crippen LogP contribution >= 0.6 is 0 Å². The van der Waals surface area contributed by atoms with E-state index in [2.05, 4.69) is 5.32 Å². The van der Waals surface area contributed by atoms with Crippen LogP contribution in [0.15, 0.2) is 36.3 Å². The standard InChI is InChI=1S/C14H15NO3/c16-14(10-5-6-10)15-8-7-11-9-17-12-3-1-2-4-13(12)18-11/h1-4,9-10H,5-8H2,(H,15,16). The first-order valence-corrected chi connectivity index (χ1v) is 6.23. The number of ether oxygens (including phenoxy) is 2. The largest absolute Gasteiger partial charge is 0.458 e. The number of carbonyl (C=O) groups is 1. The van der Waals surface area contributed by atoms with Crippen molar-refractivity contribution in [2.75, 3.05) is 6.54 Å². The summed E-state index contributed by atoms with van der Waals surface area (Å²) in [6.07, 6.45) is 4.31. The van der Waals surface area contributed by atoms with Crippen molar-refractivity contribution in [3.63, 3.8) is 0 Å². The van der Waals surface area contributed by atoms with E-state index in [-0.39, 0.29) is 11.8 Å². The lowest BCUT2D eigenvalue weighted by molar-refractivity contribution is -0.122. The fourth-order valence-corrected chi connectivity index (χ4v) is 1.84. The van der Waals surface area contributed by atoms with E-state index in [9.17, 15) is 4.79 Å². The molecule has 1 aliphatic heterocycles. The van der Waals surface area contributed by atoms with Gasteiger partial charge in [-0.15, -0.1) is 0 Å². The van der Waals surface area contributed by atoms with E-state index < -0.39 is 0 Å². The lowest BCUT2D eigenvalue weighted by Gasteiger charge is -2.18. The topological polar surface area (TPSA) is 47.6 Å². The van der Waals surface area contributed by atoms with Gasteiger partial charge in [-0.1, -0.05) is 12.1 Å². The molecular weight excluding hydrogens is 230 g/mol. The zero-order valence-electron chi connectivity index (χ0n) is 10.0. The summed E-state index contributed by atoms with van der Waals surface area (Å²) in [7, 11) is 0. The highest BCUT2D eigenvalue weighted by molar-refractivity contribution is 5.80. The zero-order chi connectivity index (χ0) is 12.4. The molecule has 4 nitrogen and oxygen atoms in total. The first-order valence-electron chi connectivity index (χ1n) is 6.23. The Labute approximate surface area is 106 Å². The smallest absolute Gasteiger partial charge is 0.223 e. The maximum atomic E-state index is 11.4. The molecule has 1 heterocycles. The van der Waals surface area contributed by atoms with Crippen LogP contribution in [0.5, 0.6) is 11.5 Å². The average Bonchev–Trinajstić information content (AvgIpc) is 3.23. The summed E-state index contributed by atoms with van der Waals surface area (Å²) in [5.41, 5.74) is 0. The number of hydrogen-bond acceptors (Lipinski definition) is 3. The minimum Gasteiger partial charge on any atom is -0.458 e.